The zero-order valence-electron chi connectivity index (χ0n) is 13.6. The van der Waals surface area contributed by atoms with Gasteiger partial charge in [-0.3, -0.25) is 9.59 Å². The summed E-state index contributed by atoms with van der Waals surface area (Å²) < 4.78 is 5.66. The van der Waals surface area contributed by atoms with Gasteiger partial charge in [0.2, 0.25) is 5.91 Å². The minimum absolute atomic E-state index is 0.212. The Kier molecular flexibility index (Phi) is 5.96. The number of carbonyl (C=O) groups excluding carboxylic acids is 3. The van der Waals surface area contributed by atoms with Crippen molar-refractivity contribution in [3.8, 4) is 18.1 Å². The van der Waals surface area contributed by atoms with Crippen LogP contribution in [0, 0.1) is 12.3 Å². The molecule has 0 fully saturated rings. The van der Waals surface area contributed by atoms with Gasteiger partial charge in [-0.15, -0.1) is 12.3 Å². The van der Waals surface area contributed by atoms with Crippen LogP contribution >= 0.6 is 0 Å². The number of hydrogen-bond donors (Lipinski definition) is 1. The van der Waals surface area contributed by atoms with E-state index < -0.39 is 6.04 Å². The van der Waals surface area contributed by atoms with Crippen LogP contribution in [-0.4, -0.2) is 42.7 Å². The molecule has 1 aliphatic rings. The molecule has 126 valence electrons. The fourth-order valence-electron chi connectivity index (χ4n) is 2.75. The van der Waals surface area contributed by atoms with Crippen molar-refractivity contribution in [2.24, 2.45) is 0 Å². The average molecular weight is 328 g/mol. The summed E-state index contributed by atoms with van der Waals surface area (Å²) in [5.41, 5.74) is 1.27. The number of likely N-dealkylation sites (N-methyl/N-ethyl adjacent to an activating group) is 1. The van der Waals surface area contributed by atoms with E-state index in [1.807, 2.05) is 0 Å². The standard InChI is InChI=1S/C18H20N2O4/c1-3-4-11-24-16-9-5-7-13-14(16)12-20(18(13)23)15(8-6-10-21)17(22)19-2/h1,5,7,9-10,15H,4,6,8,11-12H2,2H3,(H,19,22). The van der Waals surface area contributed by atoms with Crippen molar-refractivity contribution in [3.63, 3.8) is 0 Å². The second-order valence-corrected chi connectivity index (χ2v) is 5.39. The number of rotatable bonds is 8. The van der Waals surface area contributed by atoms with Gasteiger partial charge in [-0.1, -0.05) is 6.07 Å². The second-order valence-electron chi connectivity index (χ2n) is 5.39. The highest BCUT2D eigenvalue weighted by atomic mass is 16.5. The topological polar surface area (TPSA) is 75.7 Å². The van der Waals surface area contributed by atoms with Crippen molar-refractivity contribution < 1.29 is 19.1 Å². The number of hydrogen-bond acceptors (Lipinski definition) is 4. The summed E-state index contributed by atoms with van der Waals surface area (Å²) in [6, 6.07) is 4.56. The van der Waals surface area contributed by atoms with E-state index in [4.69, 9.17) is 11.2 Å². The third kappa shape index (κ3) is 3.57. The van der Waals surface area contributed by atoms with Crippen molar-refractivity contribution in [1.82, 2.24) is 10.2 Å². The van der Waals surface area contributed by atoms with Gasteiger partial charge < -0.3 is 19.7 Å². The Bertz CT molecular complexity index is 678. The number of aldehydes is 1. The zero-order valence-corrected chi connectivity index (χ0v) is 13.6. The van der Waals surface area contributed by atoms with Gasteiger partial charge in [0.15, 0.2) is 0 Å². The van der Waals surface area contributed by atoms with Crippen molar-refractivity contribution >= 4 is 18.1 Å². The predicted molar refractivity (Wildman–Crippen MR) is 88.4 cm³/mol. The van der Waals surface area contributed by atoms with Gasteiger partial charge in [0.05, 0.1) is 13.2 Å². The van der Waals surface area contributed by atoms with E-state index >= 15 is 0 Å². The Labute approximate surface area is 141 Å². The fraction of sp³-hybridized carbons (Fsp3) is 0.389. The van der Waals surface area contributed by atoms with E-state index in [1.165, 1.54) is 11.9 Å². The maximum Gasteiger partial charge on any atom is 0.255 e. The summed E-state index contributed by atoms with van der Waals surface area (Å²) in [7, 11) is 1.51. The third-order valence-corrected chi connectivity index (χ3v) is 3.94. The number of amides is 2. The molecule has 1 aromatic carbocycles. The lowest BCUT2D eigenvalue weighted by Crippen LogP contribution is -2.46. The zero-order chi connectivity index (χ0) is 17.5. The predicted octanol–water partition coefficient (Wildman–Crippen LogP) is 1.14. The molecule has 2 rings (SSSR count). The molecule has 0 saturated carbocycles. The lowest BCUT2D eigenvalue weighted by Gasteiger charge is -2.25. The Balaban J connectivity index is 2.24. The number of nitrogens with zero attached hydrogens (tertiary/aromatic N) is 1. The average Bonchev–Trinajstić information content (AvgIpc) is 2.93. The molecule has 0 radical (unpaired) electrons. The first-order valence-corrected chi connectivity index (χ1v) is 7.78. The maximum atomic E-state index is 12.7. The van der Waals surface area contributed by atoms with E-state index in [2.05, 4.69) is 11.2 Å². The molecule has 6 nitrogen and oxygen atoms in total. The molecule has 24 heavy (non-hydrogen) atoms. The molecule has 6 heteroatoms. The second kappa shape index (κ2) is 8.16. The van der Waals surface area contributed by atoms with Gasteiger partial charge in [-0.05, 0) is 18.6 Å². The highest BCUT2D eigenvalue weighted by Crippen LogP contribution is 2.33. The molecule has 0 spiro atoms. The Morgan fingerprint density at radius 1 is 1.54 bits per heavy atom. The van der Waals surface area contributed by atoms with Crippen LogP contribution in [0.25, 0.3) is 0 Å². The summed E-state index contributed by atoms with van der Waals surface area (Å²) >= 11 is 0. The van der Waals surface area contributed by atoms with Crippen LogP contribution in [0.2, 0.25) is 0 Å². The van der Waals surface area contributed by atoms with Crippen LogP contribution in [0.3, 0.4) is 0 Å². The lowest BCUT2D eigenvalue weighted by atomic mass is 10.1. The highest BCUT2D eigenvalue weighted by molar-refractivity contribution is 6.01. The van der Waals surface area contributed by atoms with Gasteiger partial charge in [0.25, 0.3) is 5.91 Å². The minimum atomic E-state index is -0.682. The smallest absolute Gasteiger partial charge is 0.255 e. The normalized spacial score (nSPS) is 13.8. The van der Waals surface area contributed by atoms with E-state index in [-0.39, 0.29) is 31.2 Å². The number of nitrogens with one attached hydrogen (secondary N) is 1. The maximum absolute atomic E-state index is 12.7. The first kappa shape index (κ1) is 17.5. The van der Waals surface area contributed by atoms with Crippen molar-refractivity contribution in [2.45, 2.75) is 31.8 Å². The molecule has 1 N–H and O–H groups in total. The van der Waals surface area contributed by atoms with E-state index in [1.54, 1.807) is 18.2 Å². The molecule has 0 aliphatic carbocycles. The molecule has 1 heterocycles. The molecule has 1 aromatic rings. The van der Waals surface area contributed by atoms with Gasteiger partial charge in [-0.2, -0.15) is 0 Å². The van der Waals surface area contributed by atoms with Gasteiger partial charge in [0, 0.05) is 31.0 Å². The fourth-order valence-corrected chi connectivity index (χ4v) is 2.75. The Morgan fingerprint density at radius 3 is 3.00 bits per heavy atom. The quantitative estimate of drug-likeness (QED) is 0.441. The lowest BCUT2D eigenvalue weighted by molar-refractivity contribution is -0.125. The first-order chi connectivity index (χ1) is 11.6. The monoisotopic (exact) mass is 328 g/mol. The van der Waals surface area contributed by atoms with Gasteiger partial charge >= 0.3 is 0 Å². The number of carbonyl (C=O) groups is 3. The van der Waals surface area contributed by atoms with Crippen molar-refractivity contribution in [1.29, 1.82) is 0 Å². The van der Waals surface area contributed by atoms with Crippen LogP contribution in [0.15, 0.2) is 18.2 Å². The van der Waals surface area contributed by atoms with Crippen LogP contribution in [0.4, 0.5) is 0 Å². The Morgan fingerprint density at radius 2 is 2.33 bits per heavy atom. The molecular formula is C18H20N2O4. The van der Waals surface area contributed by atoms with E-state index in [9.17, 15) is 14.4 Å². The number of benzene rings is 1. The van der Waals surface area contributed by atoms with Crippen LogP contribution in [-0.2, 0) is 16.1 Å². The van der Waals surface area contributed by atoms with Gasteiger partial charge in [-0.25, -0.2) is 0 Å². The van der Waals surface area contributed by atoms with Crippen LogP contribution in [0.1, 0.15) is 35.2 Å². The molecule has 0 saturated heterocycles. The molecule has 0 aromatic heterocycles. The number of ether oxygens (including phenoxy) is 1. The van der Waals surface area contributed by atoms with E-state index in [0.29, 0.717) is 24.3 Å². The largest absolute Gasteiger partial charge is 0.492 e. The molecule has 1 aliphatic heterocycles. The van der Waals surface area contributed by atoms with Crippen LogP contribution in [0.5, 0.6) is 5.75 Å². The summed E-state index contributed by atoms with van der Waals surface area (Å²) in [5, 5.41) is 2.55. The molecule has 0 bridgehead atoms. The van der Waals surface area contributed by atoms with Crippen molar-refractivity contribution in [3.05, 3.63) is 29.3 Å². The Hall–Kier alpha value is -2.81. The molecule has 1 atom stereocenters. The third-order valence-electron chi connectivity index (χ3n) is 3.94. The first-order valence-electron chi connectivity index (χ1n) is 7.78. The minimum Gasteiger partial charge on any atom is -0.492 e. The summed E-state index contributed by atoms with van der Waals surface area (Å²) in [5.74, 6) is 2.59. The molecule has 1 unspecified atom stereocenters. The number of fused-ring (bicyclic) bond motifs is 1. The van der Waals surface area contributed by atoms with E-state index in [0.717, 1.165) is 11.8 Å². The summed E-state index contributed by atoms with van der Waals surface area (Å²) in [6.45, 7) is 0.641. The number of terminal acetylenes is 1. The molecule has 2 amide bonds. The van der Waals surface area contributed by atoms with Gasteiger partial charge in [0.1, 0.15) is 18.1 Å². The highest BCUT2D eigenvalue weighted by Gasteiger charge is 2.37. The summed E-state index contributed by atoms with van der Waals surface area (Å²) in [6.07, 6.45) is 6.94. The summed E-state index contributed by atoms with van der Waals surface area (Å²) in [4.78, 5) is 36.9. The SMILES string of the molecule is C#CCCOc1cccc2c1CN(C(CCC=O)C(=O)NC)C2=O. The molecular weight excluding hydrogens is 308 g/mol. The van der Waals surface area contributed by atoms with Crippen molar-refractivity contribution in [2.75, 3.05) is 13.7 Å². The van der Waals surface area contributed by atoms with Crippen LogP contribution < -0.4 is 10.1 Å².